The van der Waals surface area contributed by atoms with Gasteiger partial charge in [0.15, 0.2) is 5.82 Å². The Morgan fingerprint density at radius 1 is 1.50 bits per heavy atom. The first-order valence-corrected chi connectivity index (χ1v) is 7.32. The fraction of sp³-hybridized carbons (Fsp3) is 0.385. The van der Waals surface area contributed by atoms with Crippen LogP contribution in [0.25, 0.3) is 0 Å². The molecule has 1 aliphatic rings. The van der Waals surface area contributed by atoms with Gasteiger partial charge in [-0.05, 0) is 23.4 Å². The van der Waals surface area contributed by atoms with Crippen LogP contribution in [0.3, 0.4) is 0 Å². The Morgan fingerprint density at radius 2 is 2.40 bits per heavy atom. The number of hydrogen-bond donors (Lipinski definition) is 2. The van der Waals surface area contributed by atoms with Crippen molar-refractivity contribution in [3.63, 3.8) is 0 Å². The van der Waals surface area contributed by atoms with Crippen LogP contribution in [0.4, 0.5) is 11.6 Å². The molecule has 0 aromatic carbocycles. The average Bonchev–Trinajstić information content (AvgIpc) is 2.94. The van der Waals surface area contributed by atoms with Crippen molar-refractivity contribution in [2.24, 2.45) is 5.84 Å². The van der Waals surface area contributed by atoms with Crippen LogP contribution in [-0.4, -0.2) is 23.6 Å². The van der Waals surface area contributed by atoms with E-state index in [0.29, 0.717) is 18.2 Å². The van der Waals surface area contributed by atoms with Crippen LogP contribution in [0, 0.1) is 0 Å². The third kappa shape index (κ3) is 2.60. The van der Waals surface area contributed by atoms with Gasteiger partial charge in [-0.2, -0.15) is 0 Å². The monoisotopic (exact) mass is 291 g/mol. The summed E-state index contributed by atoms with van der Waals surface area (Å²) in [4.78, 5) is 12.5. The number of anilines is 2. The Hall–Kier alpha value is -1.70. The lowest BCUT2D eigenvalue weighted by molar-refractivity contribution is 0.178. The van der Waals surface area contributed by atoms with Crippen LogP contribution < -0.4 is 16.2 Å². The zero-order valence-corrected chi connectivity index (χ0v) is 12.1. The second kappa shape index (κ2) is 5.74. The summed E-state index contributed by atoms with van der Waals surface area (Å²) in [5.74, 6) is 7.60. The van der Waals surface area contributed by atoms with E-state index in [1.54, 1.807) is 7.11 Å². The topological polar surface area (TPSA) is 76.3 Å². The lowest BCUT2D eigenvalue weighted by Crippen LogP contribution is -2.30. The normalized spacial score (nSPS) is 14.2. The molecule has 3 N–H and O–H groups in total. The molecular formula is C13H17N5OS. The summed E-state index contributed by atoms with van der Waals surface area (Å²) in [5, 5.41) is 2.15. The molecular weight excluding hydrogens is 274 g/mol. The first-order valence-electron chi connectivity index (χ1n) is 6.44. The van der Waals surface area contributed by atoms with Gasteiger partial charge in [0.05, 0.1) is 0 Å². The molecule has 2 aromatic rings. The molecule has 1 aliphatic heterocycles. The van der Waals surface area contributed by atoms with Crippen molar-refractivity contribution in [2.45, 2.75) is 19.6 Å². The van der Waals surface area contributed by atoms with Gasteiger partial charge in [-0.3, -0.25) is 0 Å². The van der Waals surface area contributed by atoms with Gasteiger partial charge in [-0.15, -0.1) is 11.3 Å². The number of nitrogen functional groups attached to an aromatic ring is 1. The van der Waals surface area contributed by atoms with E-state index >= 15 is 0 Å². The van der Waals surface area contributed by atoms with E-state index in [1.165, 1.54) is 10.4 Å². The van der Waals surface area contributed by atoms with Crippen molar-refractivity contribution >= 4 is 23.0 Å². The Morgan fingerprint density at radius 3 is 3.20 bits per heavy atom. The molecule has 0 amide bonds. The molecule has 7 heteroatoms. The number of nitrogens with zero attached hydrogens (tertiary/aromatic N) is 3. The Kier molecular flexibility index (Phi) is 3.81. The first kappa shape index (κ1) is 13.3. The molecule has 0 atom stereocenters. The second-order valence-electron chi connectivity index (χ2n) is 4.65. The summed E-state index contributed by atoms with van der Waals surface area (Å²) >= 11 is 1.83. The highest BCUT2D eigenvalue weighted by Gasteiger charge is 2.19. The lowest BCUT2D eigenvalue weighted by Gasteiger charge is -2.28. The van der Waals surface area contributed by atoms with Crippen LogP contribution in [0.15, 0.2) is 17.5 Å². The Labute approximate surface area is 121 Å². The largest absolute Gasteiger partial charge is 0.377 e. The van der Waals surface area contributed by atoms with E-state index in [1.807, 2.05) is 17.4 Å². The minimum absolute atomic E-state index is 0.375. The minimum Gasteiger partial charge on any atom is -0.377 e. The van der Waals surface area contributed by atoms with E-state index in [-0.39, 0.29) is 0 Å². The van der Waals surface area contributed by atoms with E-state index < -0.39 is 0 Å². The number of hydrazine groups is 1. The molecule has 0 aliphatic carbocycles. The van der Waals surface area contributed by atoms with Crippen molar-refractivity contribution in [1.82, 2.24) is 9.97 Å². The summed E-state index contributed by atoms with van der Waals surface area (Å²) in [7, 11) is 1.63. The quantitative estimate of drug-likeness (QED) is 0.657. The molecule has 6 nitrogen and oxygen atoms in total. The molecule has 20 heavy (non-hydrogen) atoms. The molecule has 0 saturated heterocycles. The summed E-state index contributed by atoms with van der Waals surface area (Å²) in [5.41, 5.74) is 3.97. The van der Waals surface area contributed by atoms with Crippen LogP contribution in [0.1, 0.15) is 16.3 Å². The van der Waals surface area contributed by atoms with E-state index in [4.69, 9.17) is 10.6 Å². The molecule has 0 spiro atoms. The predicted octanol–water partition coefficient (Wildman–Crippen LogP) is 1.53. The smallest absolute Gasteiger partial charge is 0.158 e. The fourth-order valence-electron chi connectivity index (χ4n) is 2.36. The summed E-state index contributed by atoms with van der Waals surface area (Å²) < 4.78 is 5.10. The van der Waals surface area contributed by atoms with Crippen molar-refractivity contribution in [3.05, 3.63) is 33.8 Å². The summed E-state index contributed by atoms with van der Waals surface area (Å²) in [6.07, 6.45) is 1.06. The SMILES string of the molecule is COCc1nc(NN)cc(N2CCc3sccc3C2)n1. The molecule has 0 bridgehead atoms. The predicted molar refractivity (Wildman–Crippen MR) is 79.6 cm³/mol. The lowest BCUT2D eigenvalue weighted by atomic mass is 10.1. The van der Waals surface area contributed by atoms with Gasteiger partial charge in [-0.1, -0.05) is 0 Å². The highest BCUT2D eigenvalue weighted by molar-refractivity contribution is 7.10. The second-order valence-corrected chi connectivity index (χ2v) is 5.65. The number of ether oxygens (including phenoxy) is 1. The van der Waals surface area contributed by atoms with Gasteiger partial charge in [-0.25, -0.2) is 15.8 Å². The van der Waals surface area contributed by atoms with Crippen LogP contribution >= 0.6 is 11.3 Å². The van der Waals surface area contributed by atoms with E-state index in [2.05, 4.69) is 31.7 Å². The van der Waals surface area contributed by atoms with E-state index in [9.17, 15) is 0 Å². The molecule has 0 radical (unpaired) electrons. The third-order valence-electron chi connectivity index (χ3n) is 3.31. The zero-order chi connectivity index (χ0) is 13.9. The van der Waals surface area contributed by atoms with Crippen molar-refractivity contribution in [1.29, 1.82) is 0 Å². The van der Waals surface area contributed by atoms with Crippen LogP contribution in [0.5, 0.6) is 0 Å². The number of hydrogen-bond acceptors (Lipinski definition) is 7. The number of nitrogens with two attached hydrogens (primary N) is 1. The molecule has 0 fully saturated rings. The fourth-order valence-corrected chi connectivity index (χ4v) is 3.25. The van der Waals surface area contributed by atoms with Crippen molar-refractivity contribution in [2.75, 3.05) is 24.0 Å². The number of methoxy groups -OCH3 is 1. The summed E-state index contributed by atoms with van der Waals surface area (Å²) in [6, 6.07) is 4.06. The highest BCUT2D eigenvalue weighted by Crippen LogP contribution is 2.27. The third-order valence-corrected chi connectivity index (χ3v) is 4.33. The molecule has 0 saturated carbocycles. The molecule has 3 rings (SSSR count). The maximum absolute atomic E-state index is 5.48. The minimum atomic E-state index is 0.375. The highest BCUT2D eigenvalue weighted by atomic mass is 32.1. The number of rotatable bonds is 4. The van der Waals surface area contributed by atoms with Crippen LogP contribution in [0.2, 0.25) is 0 Å². The average molecular weight is 291 g/mol. The van der Waals surface area contributed by atoms with Gasteiger partial charge >= 0.3 is 0 Å². The van der Waals surface area contributed by atoms with Crippen molar-refractivity contribution < 1.29 is 4.74 Å². The van der Waals surface area contributed by atoms with Gasteiger partial charge in [0.1, 0.15) is 18.2 Å². The number of fused-ring (bicyclic) bond motifs is 1. The number of thiophene rings is 1. The van der Waals surface area contributed by atoms with Crippen LogP contribution in [-0.2, 0) is 24.3 Å². The molecule has 0 unspecified atom stereocenters. The molecule has 106 valence electrons. The van der Waals surface area contributed by atoms with E-state index in [0.717, 1.165) is 25.3 Å². The zero-order valence-electron chi connectivity index (χ0n) is 11.3. The Bertz CT molecular complexity index is 600. The summed E-state index contributed by atoms with van der Waals surface area (Å²) in [6.45, 7) is 2.22. The van der Waals surface area contributed by atoms with Crippen molar-refractivity contribution in [3.8, 4) is 0 Å². The van der Waals surface area contributed by atoms with Gasteiger partial charge in [0, 0.05) is 31.1 Å². The maximum Gasteiger partial charge on any atom is 0.158 e. The van der Waals surface area contributed by atoms with Gasteiger partial charge in [0.25, 0.3) is 0 Å². The maximum atomic E-state index is 5.48. The molecule has 3 heterocycles. The number of aromatic nitrogens is 2. The van der Waals surface area contributed by atoms with Gasteiger partial charge in [0.2, 0.25) is 0 Å². The Balaban J connectivity index is 1.88. The first-order chi connectivity index (χ1) is 9.80. The standard InChI is InChI=1S/C13H17N5OS/c1-19-8-12-15-11(17-14)6-13(16-12)18-4-2-10-9(7-18)3-5-20-10/h3,5-6H,2,4,7-8,14H2,1H3,(H,15,16,17). The van der Waals surface area contributed by atoms with Gasteiger partial charge < -0.3 is 15.1 Å². The number of nitrogens with one attached hydrogen (secondary N) is 1. The molecule has 2 aromatic heterocycles.